The van der Waals surface area contributed by atoms with E-state index < -0.39 is 16.1 Å². The lowest BCUT2D eigenvalue weighted by atomic mass is 10.0. The third-order valence-electron chi connectivity index (χ3n) is 6.65. The van der Waals surface area contributed by atoms with Crippen molar-refractivity contribution in [2.75, 3.05) is 24.2 Å². The smallest absolute Gasteiger partial charge is 0.242 e. The van der Waals surface area contributed by atoms with Gasteiger partial charge in [0.2, 0.25) is 21.8 Å². The Bertz CT molecular complexity index is 1380. The summed E-state index contributed by atoms with van der Waals surface area (Å²) in [6.07, 6.45) is 1.84. The van der Waals surface area contributed by atoms with Crippen molar-refractivity contribution in [1.29, 1.82) is 0 Å². The maximum absolute atomic E-state index is 13.7. The van der Waals surface area contributed by atoms with Crippen molar-refractivity contribution in [3.63, 3.8) is 0 Å². The number of hydrogen-bond acceptors (Lipinski definition) is 4. The highest BCUT2D eigenvalue weighted by molar-refractivity contribution is 7.92. The molecule has 1 N–H and O–H groups in total. The lowest BCUT2D eigenvalue weighted by Gasteiger charge is -2.32. The number of benzene rings is 3. The Morgan fingerprint density at radius 1 is 0.923 bits per heavy atom. The third kappa shape index (κ3) is 8.31. The van der Waals surface area contributed by atoms with Crippen molar-refractivity contribution in [3.05, 3.63) is 100 Å². The number of sulfonamides is 1. The maximum Gasteiger partial charge on any atom is 0.242 e. The first kappa shape index (κ1) is 30.2. The molecular weight excluding hydrogens is 534 g/mol. The Kier molecular flexibility index (Phi) is 10.5. The fourth-order valence-electron chi connectivity index (χ4n) is 4.46. The van der Waals surface area contributed by atoms with Gasteiger partial charge in [-0.3, -0.25) is 13.9 Å². The van der Waals surface area contributed by atoms with Crippen molar-refractivity contribution < 1.29 is 18.0 Å². The van der Waals surface area contributed by atoms with Crippen molar-refractivity contribution in [2.24, 2.45) is 0 Å². The quantitative estimate of drug-likeness (QED) is 0.336. The van der Waals surface area contributed by atoms with Crippen molar-refractivity contribution >= 4 is 39.1 Å². The summed E-state index contributed by atoms with van der Waals surface area (Å²) in [5.41, 5.74) is 4.08. The van der Waals surface area contributed by atoms with Gasteiger partial charge in [0.1, 0.15) is 6.04 Å². The van der Waals surface area contributed by atoms with Crippen molar-refractivity contribution in [2.45, 2.75) is 45.7 Å². The number of carbonyl (C=O) groups excluding carboxylic acids is 2. The molecule has 0 saturated carbocycles. The summed E-state index contributed by atoms with van der Waals surface area (Å²) >= 11 is 6.25. The zero-order valence-corrected chi connectivity index (χ0v) is 24.4. The minimum absolute atomic E-state index is 0.0692. The van der Waals surface area contributed by atoms with Gasteiger partial charge in [0.15, 0.2) is 0 Å². The van der Waals surface area contributed by atoms with Crippen LogP contribution in [0, 0.1) is 13.8 Å². The van der Waals surface area contributed by atoms with Gasteiger partial charge in [-0.25, -0.2) is 8.42 Å². The number of nitrogens with one attached hydrogen (secondary N) is 1. The number of amides is 2. The minimum Gasteiger partial charge on any atom is -0.357 e. The number of nitrogens with zero attached hydrogens (tertiary/aromatic N) is 2. The molecule has 7 nitrogen and oxygen atoms in total. The number of carbonyl (C=O) groups is 2. The average molecular weight is 570 g/mol. The highest BCUT2D eigenvalue weighted by atomic mass is 35.5. The number of halogens is 1. The van der Waals surface area contributed by atoms with Crippen LogP contribution in [0.4, 0.5) is 5.69 Å². The van der Waals surface area contributed by atoms with Gasteiger partial charge < -0.3 is 10.2 Å². The Morgan fingerprint density at radius 3 is 2.21 bits per heavy atom. The molecule has 0 aliphatic rings. The first-order valence-electron chi connectivity index (χ1n) is 12.8. The molecule has 208 valence electrons. The Morgan fingerprint density at radius 2 is 1.59 bits per heavy atom. The monoisotopic (exact) mass is 569 g/mol. The van der Waals surface area contributed by atoms with Gasteiger partial charge in [-0.15, -0.1) is 0 Å². The van der Waals surface area contributed by atoms with E-state index in [-0.39, 0.29) is 37.7 Å². The predicted molar refractivity (Wildman–Crippen MR) is 157 cm³/mol. The van der Waals surface area contributed by atoms with Crippen LogP contribution < -0.4 is 9.62 Å². The summed E-state index contributed by atoms with van der Waals surface area (Å²) in [5.74, 6) is -0.483. The lowest BCUT2D eigenvalue weighted by molar-refractivity contribution is -0.141. The van der Waals surface area contributed by atoms with Gasteiger partial charge in [-0.05, 0) is 49.1 Å². The molecule has 39 heavy (non-hydrogen) atoms. The van der Waals surface area contributed by atoms with Gasteiger partial charge in [-0.2, -0.15) is 0 Å². The molecule has 0 aromatic heterocycles. The van der Waals surface area contributed by atoms with E-state index in [4.69, 9.17) is 11.6 Å². The van der Waals surface area contributed by atoms with E-state index in [1.807, 2.05) is 61.5 Å². The highest BCUT2D eigenvalue weighted by Gasteiger charge is 2.30. The van der Waals surface area contributed by atoms with E-state index in [2.05, 4.69) is 5.32 Å². The largest absolute Gasteiger partial charge is 0.357 e. The molecule has 0 fully saturated rings. The molecule has 9 heteroatoms. The molecule has 3 rings (SSSR count). The van der Waals surface area contributed by atoms with Crippen LogP contribution in [-0.4, -0.2) is 51.0 Å². The number of likely N-dealkylation sites (N-methyl/N-ethyl adjacent to an activating group) is 1. The molecule has 1 atom stereocenters. The van der Waals surface area contributed by atoms with E-state index in [0.717, 1.165) is 22.9 Å². The topological polar surface area (TPSA) is 86.8 Å². The van der Waals surface area contributed by atoms with Gasteiger partial charge >= 0.3 is 0 Å². The van der Waals surface area contributed by atoms with Crippen LogP contribution in [0.25, 0.3) is 0 Å². The van der Waals surface area contributed by atoms with Crippen molar-refractivity contribution in [3.8, 4) is 0 Å². The fraction of sp³-hybridized carbons (Fsp3) is 0.333. The normalized spacial score (nSPS) is 12.0. The highest BCUT2D eigenvalue weighted by Crippen LogP contribution is 2.28. The van der Waals surface area contributed by atoms with E-state index in [1.165, 1.54) is 4.31 Å². The second-order valence-electron chi connectivity index (χ2n) is 9.65. The Labute approximate surface area is 236 Å². The van der Waals surface area contributed by atoms with Crippen LogP contribution in [-0.2, 0) is 32.6 Å². The molecule has 3 aromatic carbocycles. The number of aryl methyl sites for hydroxylation is 1. The van der Waals surface area contributed by atoms with Crippen LogP contribution in [0.15, 0.2) is 72.8 Å². The lowest BCUT2D eigenvalue weighted by Crippen LogP contribution is -2.49. The fourth-order valence-corrected chi connectivity index (χ4v) is 5.64. The zero-order chi connectivity index (χ0) is 28.6. The zero-order valence-electron chi connectivity index (χ0n) is 22.9. The number of rotatable bonds is 12. The number of anilines is 1. The molecule has 0 radical (unpaired) electrons. The molecule has 0 heterocycles. The number of hydrogen-bond donors (Lipinski definition) is 1. The standard InChI is InChI=1S/C30H36ClN3O4S/c1-22-15-17-25(18-16-22)21-33(28(30(36)32-3)20-24-10-6-5-7-11-24)29(35)14-9-19-34(39(4,37)38)27-13-8-12-26(31)23(27)2/h5-8,10-13,15-18,28H,9,14,19-21H2,1-4H3,(H,32,36)/t28-/m1/s1. The molecule has 0 aliphatic heterocycles. The summed E-state index contributed by atoms with van der Waals surface area (Å²) in [6.45, 7) is 4.12. The van der Waals surface area contributed by atoms with Gasteiger partial charge in [0.25, 0.3) is 0 Å². The van der Waals surface area contributed by atoms with Gasteiger partial charge in [0, 0.05) is 38.0 Å². The van der Waals surface area contributed by atoms with E-state index in [0.29, 0.717) is 22.7 Å². The van der Waals surface area contributed by atoms with Crippen LogP contribution in [0.1, 0.15) is 35.1 Å². The summed E-state index contributed by atoms with van der Waals surface area (Å²) < 4.78 is 26.6. The minimum atomic E-state index is -3.62. The molecule has 3 aromatic rings. The molecular formula is C30H36ClN3O4S. The van der Waals surface area contributed by atoms with Crippen LogP contribution in [0.2, 0.25) is 5.02 Å². The molecule has 2 amide bonds. The van der Waals surface area contributed by atoms with Gasteiger partial charge in [-0.1, -0.05) is 77.8 Å². The summed E-state index contributed by atoms with van der Waals surface area (Å²) in [4.78, 5) is 28.4. The van der Waals surface area contributed by atoms with E-state index >= 15 is 0 Å². The van der Waals surface area contributed by atoms with Gasteiger partial charge in [0.05, 0.1) is 11.9 Å². The molecule has 0 unspecified atom stereocenters. The second-order valence-corrected chi connectivity index (χ2v) is 12.0. The van der Waals surface area contributed by atoms with E-state index in [9.17, 15) is 18.0 Å². The molecule has 0 spiro atoms. The van der Waals surface area contributed by atoms with E-state index in [1.54, 1.807) is 37.1 Å². The summed E-state index contributed by atoms with van der Waals surface area (Å²) in [7, 11) is -2.06. The second kappa shape index (κ2) is 13.6. The molecule has 0 saturated heterocycles. The Hall–Kier alpha value is -3.36. The predicted octanol–water partition coefficient (Wildman–Crippen LogP) is 4.89. The van der Waals surface area contributed by atoms with Crippen LogP contribution in [0.5, 0.6) is 0 Å². The van der Waals surface area contributed by atoms with Crippen LogP contribution in [0.3, 0.4) is 0 Å². The molecule has 0 bridgehead atoms. The molecule has 0 aliphatic carbocycles. The third-order valence-corrected chi connectivity index (χ3v) is 8.24. The first-order valence-corrected chi connectivity index (χ1v) is 15.1. The maximum atomic E-state index is 13.7. The summed E-state index contributed by atoms with van der Waals surface area (Å²) in [6, 6.07) is 21.8. The summed E-state index contributed by atoms with van der Waals surface area (Å²) in [5, 5.41) is 3.18. The Balaban J connectivity index is 1.86. The first-order chi connectivity index (χ1) is 18.5. The van der Waals surface area contributed by atoms with Crippen LogP contribution >= 0.6 is 11.6 Å². The van der Waals surface area contributed by atoms with Crippen molar-refractivity contribution in [1.82, 2.24) is 10.2 Å². The average Bonchev–Trinajstić information content (AvgIpc) is 2.91. The SMILES string of the molecule is CNC(=O)[C@@H](Cc1ccccc1)N(Cc1ccc(C)cc1)C(=O)CCCN(c1cccc(Cl)c1C)S(C)(=O)=O.